The number of aliphatic hydroxyl groups excluding tert-OH is 1. The minimum atomic E-state index is -0.0349. The molecule has 1 N–H and O–H groups in total. The van der Waals surface area contributed by atoms with Crippen LogP contribution in [0, 0.1) is 0 Å². The molecular weight excluding hydrogens is 236 g/mol. The maximum Gasteiger partial charge on any atom is 0.128 e. The topological polar surface area (TPSA) is 36.4 Å². The van der Waals surface area contributed by atoms with E-state index in [1.54, 1.807) is 6.20 Å². The summed E-state index contributed by atoms with van der Waals surface area (Å²) in [5.41, 5.74) is 0.749. The van der Waals surface area contributed by atoms with Gasteiger partial charge in [-0.2, -0.15) is 0 Å². The molecule has 94 valence electrons. The molecule has 1 aliphatic carbocycles. The largest absolute Gasteiger partial charge is 0.392 e. The maximum absolute atomic E-state index is 9.20. The van der Waals surface area contributed by atoms with Crippen molar-refractivity contribution in [2.75, 3.05) is 11.9 Å². The maximum atomic E-state index is 9.20. The standard InChI is InChI=1S/C13H19ClN2O/c1-16(11-5-3-2-4-6-11)13-7-10(9-17)12(14)8-15-13/h7-8,11,17H,2-6,9H2,1H3. The Morgan fingerprint density at radius 2 is 2.12 bits per heavy atom. The van der Waals surface area contributed by atoms with Crippen LogP contribution in [0.2, 0.25) is 5.02 Å². The first-order valence-corrected chi connectivity index (χ1v) is 6.58. The Kier molecular flexibility index (Phi) is 4.24. The van der Waals surface area contributed by atoms with E-state index < -0.39 is 0 Å². The molecule has 1 aliphatic rings. The molecule has 0 saturated heterocycles. The summed E-state index contributed by atoms with van der Waals surface area (Å²) < 4.78 is 0. The highest BCUT2D eigenvalue weighted by Gasteiger charge is 2.19. The molecule has 1 aromatic rings. The average Bonchev–Trinajstić information content (AvgIpc) is 2.39. The molecule has 0 aromatic carbocycles. The van der Waals surface area contributed by atoms with Crippen molar-refractivity contribution in [1.29, 1.82) is 0 Å². The van der Waals surface area contributed by atoms with Gasteiger partial charge in [0.1, 0.15) is 5.82 Å². The summed E-state index contributed by atoms with van der Waals surface area (Å²) in [5.74, 6) is 0.908. The molecule has 0 spiro atoms. The number of nitrogens with zero attached hydrogens (tertiary/aromatic N) is 2. The summed E-state index contributed by atoms with van der Waals surface area (Å²) in [6, 6.07) is 2.46. The van der Waals surface area contributed by atoms with Crippen LogP contribution in [-0.4, -0.2) is 23.2 Å². The molecule has 2 rings (SSSR count). The van der Waals surface area contributed by atoms with Crippen molar-refractivity contribution in [2.45, 2.75) is 44.8 Å². The van der Waals surface area contributed by atoms with Gasteiger partial charge in [-0.25, -0.2) is 4.98 Å². The molecule has 3 nitrogen and oxygen atoms in total. The van der Waals surface area contributed by atoms with Crippen molar-refractivity contribution in [1.82, 2.24) is 4.98 Å². The molecule has 0 radical (unpaired) electrons. The number of aromatic nitrogens is 1. The van der Waals surface area contributed by atoms with E-state index in [1.807, 2.05) is 6.07 Å². The van der Waals surface area contributed by atoms with Crippen molar-refractivity contribution in [3.63, 3.8) is 0 Å². The molecule has 1 fully saturated rings. The van der Waals surface area contributed by atoms with E-state index in [2.05, 4.69) is 16.9 Å². The van der Waals surface area contributed by atoms with Gasteiger partial charge in [0.2, 0.25) is 0 Å². The number of halogens is 1. The average molecular weight is 255 g/mol. The molecule has 17 heavy (non-hydrogen) atoms. The highest BCUT2D eigenvalue weighted by Crippen LogP contribution is 2.27. The minimum absolute atomic E-state index is 0.0349. The van der Waals surface area contributed by atoms with Gasteiger partial charge >= 0.3 is 0 Å². The van der Waals surface area contributed by atoms with Gasteiger partial charge in [0.15, 0.2) is 0 Å². The number of hydrogen-bond donors (Lipinski definition) is 1. The van der Waals surface area contributed by atoms with Crippen molar-refractivity contribution in [3.8, 4) is 0 Å². The predicted octanol–water partition coefficient (Wildman–Crippen LogP) is 3.00. The van der Waals surface area contributed by atoms with Crippen LogP contribution in [0.3, 0.4) is 0 Å². The Morgan fingerprint density at radius 3 is 2.76 bits per heavy atom. The Bertz CT molecular complexity index is 378. The van der Waals surface area contributed by atoms with E-state index in [4.69, 9.17) is 11.6 Å². The fraction of sp³-hybridized carbons (Fsp3) is 0.615. The second-order valence-corrected chi connectivity index (χ2v) is 5.10. The monoisotopic (exact) mass is 254 g/mol. The lowest BCUT2D eigenvalue weighted by Gasteiger charge is -2.32. The van der Waals surface area contributed by atoms with E-state index in [-0.39, 0.29) is 6.61 Å². The number of aliphatic hydroxyl groups is 1. The fourth-order valence-corrected chi connectivity index (χ4v) is 2.60. The minimum Gasteiger partial charge on any atom is -0.392 e. The van der Waals surface area contributed by atoms with Gasteiger partial charge in [-0.3, -0.25) is 0 Å². The quantitative estimate of drug-likeness (QED) is 0.901. The van der Waals surface area contributed by atoms with Gasteiger partial charge in [0, 0.05) is 24.8 Å². The van der Waals surface area contributed by atoms with Crippen molar-refractivity contribution >= 4 is 17.4 Å². The van der Waals surface area contributed by atoms with Crippen molar-refractivity contribution < 1.29 is 5.11 Å². The van der Waals surface area contributed by atoms with Gasteiger partial charge in [0.05, 0.1) is 11.6 Å². The number of rotatable bonds is 3. The van der Waals surface area contributed by atoms with Crippen LogP contribution >= 0.6 is 11.6 Å². The van der Waals surface area contributed by atoms with Crippen LogP contribution in [0.5, 0.6) is 0 Å². The molecule has 0 amide bonds. The zero-order valence-electron chi connectivity index (χ0n) is 10.2. The zero-order valence-corrected chi connectivity index (χ0v) is 11.0. The summed E-state index contributed by atoms with van der Waals surface area (Å²) in [7, 11) is 2.08. The molecule has 1 saturated carbocycles. The first-order valence-electron chi connectivity index (χ1n) is 6.20. The summed E-state index contributed by atoms with van der Waals surface area (Å²) in [5, 5.41) is 9.74. The summed E-state index contributed by atoms with van der Waals surface area (Å²) in [4.78, 5) is 6.56. The third-order valence-electron chi connectivity index (χ3n) is 3.57. The Hall–Kier alpha value is -0.800. The van der Waals surface area contributed by atoms with Crippen LogP contribution in [0.15, 0.2) is 12.3 Å². The van der Waals surface area contributed by atoms with Gasteiger partial charge < -0.3 is 10.0 Å². The van der Waals surface area contributed by atoms with Gasteiger partial charge in [-0.1, -0.05) is 30.9 Å². The third kappa shape index (κ3) is 2.90. The molecule has 1 heterocycles. The number of anilines is 1. The van der Waals surface area contributed by atoms with E-state index in [1.165, 1.54) is 32.1 Å². The second-order valence-electron chi connectivity index (χ2n) is 4.69. The molecule has 1 aromatic heterocycles. The molecular formula is C13H19ClN2O. The highest BCUT2D eigenvalue weighted by atomic mass is 35.5. The zero-order chi connectivity index (χ0) is 12.3. The SMILES string of the molecule is CN(c1cc(CO)c(Cl)cn1)C1CCCCC1. The number of hydrogen-bond acceptors (Lipinski definition) is 3. The Balaban J connectivity index is 2.15. The predicted molar refractivity (Wildman–Crippen MR) is 70.4 cm³/mol. The van der Waals surface area contributed by atoms with Crippen molar-refractivity contribution in [3.05, 3.63) is 22.8 Å². The van der Waals surface area contributed by atoms with E-state index in [0.717, 1.165) is 11.4 Å². The molecule has 0 atom stereocenters. The summed E-state index contributed by atoms with van der Waals surface area (Å²) in [6.45, 7) is -0.0349. The smallest absolute Gasteiger partial charge is 0.128 e. The van der Waals surface area contributed by atoms with Gasteiger partial charge in [-0.15, -0.1) is 0 Å². The van der Waals surface area contributed by atoms with Crippen LogP contribution < -0.4 is 4.90 Å². The first-order chi connectivity index (χ1) is 8.22. The van der Waals surface area contributed by atoms with Crippen LogP contribution in [0.4, 0.5) is 5.82 Å². The normalized spacial score (nSPS) is 17.1. The van der Waals surface area contributed by atoms with Gasteiger partial charge in [-0.05, 0) is 18.9 Å². The Labute approximate surface area is 107 Å². The van der Waals surface area contributed by atoms with Crippen molar-refractivity contribution in [2.24, 2.45) is 0 Å². The number of pyridine rings is 1. The van der Waals surface area contributed by atoms with E-state index in [0.29, 0.717) is 11.1 Å². The fourth-order valence-electron chi connectivity index (χ4n) is 2.44. The first kappa shape index (κ1) is 12.7. The molecule has 0 aliphatic heterocycles. The summed E-state index contributed by atoms with van der Waals surface area (Å²) >= 11 is 5.95. The van der Waals surface area contributed by atoms with E-state index >= 15 is 0 Å². The third-order valence-corrected chi connectivity index (χ3v) is 3.91. The summed E-state index contributed by atoms with van der Waals surface area (Å²) in [6.07, 6.45) is 8.04. The van der Waals surface area contributed by atoms with Crippen LogP contribution in [0.25, 0.3) is 0 Å². The lowest BCUT2D eigenvalue weighted by Crippen LogP contribution is -2.33. The molecule has 0 unspecified atom stereocenters. The van der Waals surface area contributed by atoms with Crippen LogP contribution in [-0.2, 0) is 6.61 Å². The van der Waals surface area contributed by atoms with E-state index in [9.17, 15) is 5.11 Å². The second kappa shape index (κ2) is 5.69. The Morgan fingerprint density at radius 1 is 1.41 bits per heavy atom. The van der Waals surface area contributed by atoms with Crippen LogP contribution in [0.1, 0.15) is 37.7 Å². The lowest BCUT2D eigenvalue weighted by molar-refractivity contribution is 0.282. The van der Waals surface area contributed by atoms with Gasteiger partial charge in [0.25, 0.3) is 0 Å². The highest BCUT2D eigenvalue weighted by molar-refractivity contribution is 6.31. The molecule has 4 heteroatoms. The molecule has 0 bridgehead atoms. The lowest BCUT2D eigenvalue weighted by atomic mass is 9.94.